The summed E-state index contributed by atoms with van der Waals surface area (Å²) in [5, 5.41) is 7.04. The molecule has 1 aliphatic rings. The monoisotopic (exact) mass is 405 g/mol. The van der Waals surface area contributed by atoms with Crippen LogP contribution in [0.4, 0.5) is 11.4 Å². The summed E-state index contributed by atoms with van der Waals surface area (Å²) in [4.78, 5) is 31.0. The molecule has 4 rings (SSSR count). The van der Waals surface area contributed by atoms with Gasteiger partial charge in [0.2, 0.25) is 11.8 Å². The van der Waals surface area contributed by atoms with Crippen molar-refractivity contribution in [2.75, 3.05) is 23.9 Å². The van der Waals surface area contributed by atoms with Crippen molar-refractivity contribution in [3.63, 3.8) is 0 Å². The van der Waals surface area contributed by atoms with Gasteiger partial charge in [0.1, 0.15) is 18.4 Å². The Hall–Kier alpha value is -3.68. The molecule has 2 aromatic carbocycles. The predicted molar refractivity (Wildman–Crippen MR) is 112 cm³/mol. The Kier molecular flexibility index (Phi) is 5.47. The van der Waals surface area contributed by atoms with Crippen molar-refractivity contribution in [2.45, 2.75) is 19.9 Å². The van der Waals surface area contributed by atoms with Gasteiger partial charge in [-0.1, -0.05) is 18.2 Å². The van der Waals surface area contributed by atoms with E-state index in [0.717, 1.165) is 11.1 Å². The Morgan fingerprint density at radius 1 is 1.27 bits per heavy atom. The number of anilines is 2. The number of nitrogens with zero attached hydrogens (tertiary/aromatic N) is 4. The van der Waals surface area contributed by atoms with E-state index in [4.69, 9.17) is 4.74 Å². The van der Waals surface area contributed by atoms with E-state index in [1.807, 2.05) is 49.4 Å². The van der Waals surface area contributed by atoms with E-state index in [-0.39, 0.29) is 18.2 Å². The fraction of sp³-hybridized carbons (Fsp3) is 0.273. The van der Waals surface area contributed by atoms with Gasteiger partial charge < -0.3 is 15.0 Å². The second-order valence-corrected chi connectivity index (χ2v) is 7.36. The minimum absolute atomic E-state index is 0.0843. The van der Waals surface area contributed by atoms with E-state index < -0.39 is 5.92 Å². The SMILES string of the molecule is COc1ccc(C)cc1N1C[C@@H](C(=O)Nc2cccc(Cn3cncn3)c2)CC1=O. The Morgan fingerprint density at radius 2 is 2.13 bits per heavy atom. The number of carbonyl (C=O) groups is 2. The number of aryl methyl sites for hydroxylation is 1. The van der Waals surface area contributed by atoms with E-state index >= 15 is 0 Å². The summed E-state index contributed by atoms with van der Waals surface area (Å²) in [6.45, 7) is 2.84. The fourth-order valence-electron chi connectivity index (χ4n) is 3.62. The van der Waals surface area contributed by atoms with Crippen LogP contribution in [0.5, 0.6) is 5.75 Å². The molecule has 8 heteroatoms. The molecule has 0 spiro atoms. The van der Waals surface area contributed by atoms with Crippen LogP contribution in [0.25, 0.3) is 0 Å². The Balaban J connectivity index is 1.45. The van der Waals surface area contributed by atoms with Crippen molar-refractivity contribution in [2.24, 2.45) is 5.92 Å². The standard InChI is InChI=1S/C22H23N5O3/c1-15-6-7-20(30-2)19(8-15)27-12-17(10-21(27)28)22(29)25-18-5-3-4-16(9-18)11-26-14-23-13-24-26/h3-9,13-14,17H,10-12H2,1-2H3,(H,25,29)/t17-/m0/s1. The van der Waals surface area contributed by atoms with E-state index in [2.05, 4.69) is 15.4 Å². The summed E-state index contributed by atoms with van der Waals surface area (Å²) in [5.41, 5.74) is 3.41. The second kappa shape index (κ2) is 8.36. The summed E-state index contributed by atoms with van der Waals surface area (Å²) < 4.78 is 7.11. The maximum absolute atomic E-state index is 12.8. The molecule has 1 fully saturated rings. The lowest BCUT2D eigenvalue weighted by Gasteiger charge is -2.20. The van der Waals surface area contributed by atoms with Crippen LogP contribution in [0.2, 0.25) is 0 Å². The van der Waals surface area contributed by atoms with Gasteiger partial charge in [0.05, 0.1) is 25.3 Å². The first-order valence-electron chi connectivity index (χ1n) is 9.70. The van der Waals surface area contributed by atoms with Gasteiger partial charge in [0.15, 0.2) is 0 Å². The summed E-state index contributed by atoms with van der Waals surface area (Å²) >= 11 is 0. The molecule has 0 saturated carbocycles. The molecular weight excluding hydrogens is 382 g/mol. The zero-order valence-electron chi connectivity index (χ0n) is 16.9. The Bertz CT molecular complexity index is 1060. The van der Waals surface area contributed by atoms with Gasteiger partial charge in [-0.15, -0.1) is 0 Å². The van der Waals surface area contributed by atoms with Crippen LogP contribution in [0.15, 0.2) is 55.1 Å². The molecule has 30 heavy (non-hydrogen) atoms. The van der Waals surface area contributed by atoms with Crippen LogP contribution in [0.3, 0.4) is 0 Å². The minimum Gasteiger partial charge on any atom is -0.495 e. The van der Waals surface area contributed by atoms with Crippen LogP contribution >= 0.6 is 0 Å². The van der Waals surface area contributed by atoms with Gasteiger partial charge in [0, 0.05) is 18.7 Å². The van der Waals surface area contributed by atoms with E-state index in [1.165, 1.54) is 6.33 Å². The first-order chi connectivity index (χ1) is 14.5. The highest BCUT2D eigenvalue weighted by Gasteiger charge is 2.36. The Morgan fingerprint density at radius 3 is 2.90 bits per heavy atom. The average Bonchev–Trinajstić information content (AvgIpc) is 3.38. The van der Waals surface area contributed by atoms with Gasteiger partial charge in [-0.2, -0.15) is 5.10 Å². The zero-order valence-corrected chi connectivity index (χ0v) is 16.9. The third-order valence-electron chi connectivity index (χ3n) is 5.13. The number of rotatable bonds is 6. The molecule has 1 atom stereocenters. The molecule has 0 radical (unpaired) electrons. The molecule has 3 aromatic rings. The number of hydrogen-bond acceptors (Lipinski definition) is 5. The van der Waals surface area contributed by atoms with E-state index in [1.54, 1.807) is 23.0 Å². The van der Waals surface area contributed by atoms with Crippen molar-refractivity contribution in [1.82, 2.24) is 14.8 Å². The molecule has 0 aliphatic carbocycles. The van der Waals surface area contributed by atoms with E-state index in [0.29, 0.717) is 30.2 Å². The molecule has 1 N–H and O–H groups in total. The largest absolute Gasteiger partial charge is 0.495 e. The van der Waals surface area contributed by atoms with Crippen LogP contribution in [0, 0.1) is 12.8 Å². The molecule has 2 amide bonds. The minimum atomic E-state index is -0.429. The molecule has 8 nitrogen and oxygen atoms in total. The fourth-order valence-corrected chi connectivity index (χ4v) is 3.62. The topological polar surface area (TPSA) is 89.3 Å². The summed E-state index contributed by atoms with van der Waals surface area (Å²) in [6, 6.07) is 13.3. The van der Waals surface area contributed by atoms with Crippen LogP contribution in [-0.4, -0.2) is 40.2 Å². The molecule has 154 valence electrons. The van der Waals surface area contributed by atoms with Crippen LogP contribution in [0.1, 0.15) is 17.5 Å². The molecule has 1 aliphatic heterocycles. The molecule has 1 saturated heterocycles. The summed E-state index contributed by atoms with van der Waals surface area (Å²) in [6.07, 6.45) is 3.29. The van der Waals surface area contributed by atoms with Gasteiger partial charge >= 0.3 is 0 Å². The number of ether oxygens (including phenoxy) is 1. The normalized spacial score (nSPS) is 16.0. The lowest BCUT2D eigenvalue weighted by Crippen LogP contribution is -2.28. The maximum Gasteiger partial charge on any atom is 0.229 e. The average molecular weight is 405 g/mol. The van der Waals surface area contributed by atoms with E-state index in [9.17, 15) is 9.59 Å². The van der Waals surface area contributed by atoms with Crippen molar-refractivity contribution in [3.05, 3.63) is 66.2 Å². The predicted octanol–water partition coefficient (Wildman–Crippen LogP) is 2.64. The quantitative estimate of drug-likeness (QED) is 0.681. The highest BCUT2D eigenvalue weighted by molar-refractivity contribution is 6.04. The molecule has 1 aromatic heterocycles. The van der Waals surface area contributed by atoms with Crippen molar-refractivity contribution >= 4 is 23.2 Å². The van der Waals surface area contributed by atoms with Crippen LogP contribution in [-0.2, 0) is 16.1 Å². The number of benzene rings is 2. The first kappa shape index (κ1) is 19.6. The van der Waals surface area contributed by atoms with Gasteiger partial charge in [0.25, 0.3) is 0 Å². The molecule has 0 bridgehead atoms. The van der Waals surface area contributed by atoms with Crippen molar-refractivity contribution in [3.8, 4) is 5.75 Å². The first-order valence-corrected chi connectivity index (χ1v) is 9.70. The Labute approximate surface area is 174 Å². The van der Waals surface area contributed by atoms with Crippen molar-refractivity contribution < 1.29 is 14.3 Å². The third-order valence-corrected chi connectivity index (χ3v) is 5.13. The third kappa shape index (κ3) is 4.17. The number of aromatic nitrogens is 3. The molecular formula is C22H23N5O3. The van der Waals surface area contributed by atoms with Crippen LogP contribution < -0.4 is 15.0 Å². The number of carbonyl (C=O) groups excluding carboxylic acids is 2. The summed E-state index contributed by atoms with van der Waals surface area (Å²) in [7, 11) is 1.57. The van der Waals surface area contributed by atoms with Gasteiger partial charge in [-0.3, -0.25) is 9.59 Å². The summed E-state index contributed by atoms with van der Waals surface area (Å²) in [5.74, 6) is -0.0631. The van der Waals surface area contributed by atoms with Gasteiger partial charge in [-0.25, -0.2) is 9.67 Å². The van der Waals surface area contributed by atoms with Gasteiger partial charge in [-0.05, 0) is 42.3 Å². The zero-order chi connectivity index (χ0) is 21.1. The number of methoxy groups -OCH3 is 1. The maximum atomic E-state index is 12.8. The smallest absolute Gasteiger partial charge is 0.229 e. The molecule has 0 unspecified atom stereocenters. The number of hydrogen-bond donors (Lipinski definition) is 1. The molecule has 2 heterocycles. The lowest BCUT2D eigenvalue weighted by molar-refractivity contribution is -0.122. The van der Waals surface area contributed by atoms with Crippen molar-refractivity contribution in [1.29, 1.82) is 0 Å². The second-order valence-electron chi connectivity index (χ2n) is 7.36. The number of nitrogens with one attached hydrogen (secondary N) is 1. The highest BCUT2D eigenvalue weighted by atomic mass is 16.5. The highest BCUT2D eigenvalue weighted by Crippen LogP contribution is 2.34. The number of amides is 2. The lowest BCUT2D eigenvalue weighted by atomic mass is 10.1.